The molecule has 0 fully saturated rings. The van der Waals surface area contributed by atoms with E-state index in [4.69, 9.17) is 9.16 Å². The Balaban J connectivity index is 2.13. The third-order valence-electron chi connectivity index (χ3n) is 4.60. The Bertz CT molecular complexity index is 663. The highest BCUT2D eigenvalue weighted by molar-refractivity contribution is 14.1. The number of halogens is 1. The third kappa shape index (κ3) is 4.99. The molecule has 0 aliphatic rings. The summed E-state index contributed by atoms with van der Waals surface area (Å²) >= 11 is 2.39. The lowest BCUT2D eigenvalue weighted by Crippen LogP contribution is -2.44. The molecule has 4 heteroatoms. The Morgan fingerprint density at radius 1 is 1.00 bits per heavy atom. The van der Waals surface area contributed by atoms with Gasteiger partial charge in [0, 0.05) is 9.99 Å². The van der Waals surface area contributed by atoms with Crippen molar-refractivity contribution in [3.05, 3.63) is 59.7 Å². The van der Waals surface area contributed by atoms with Gasteiger partial charge in [0.15, 0.2) is 0 Å². The molecule has 0 saturated heterocycles. The fraction of sp³-hybridized carbons (Fsp3) is 0.400. The molecule has 0 bridgehead atoms. The second kappa shape index (κ2) is 7.91. The quantitative estimate of drug-likeness (QED) is 0.279. The summed E-state index contributed by atoms with van der Waals surface area (Å²) in [6.07, 6.45) is 0. The maximum absolute atomic E-state index is 6.48. The van der Waals surface area contributed by atoms with Crippen molar-refractivity contribution in [2.45, 2.75) is 49.9 Å². The van der Waals surface area contributed by atoms with Crippen LogP contribution in [0.2, 0.25) is 18.1 Å². The van der Waals surface area contributed by atoms with E-state index in [9.17, 15) is 0 Å². The summed E-state index contributed by atoms with van der Waals surface area (Å²) in [7, 11) is -1.83. The predicted octanol–water partition coefficient (Wildman–Crippen LogP) is 6.58. The Labute approximate surface area is 160 Å². The van der Waals surface area contributed by atoms with Gasteiger partial charge in [-0.25, -0.2) is 0 Å². The molecule has 0 aliphatic heterocycles. The largest absolute Gasteiger partial charge is 0.543 e. The van der Waals surface area contributed by atoms with Crippen LogP contribution in [0.1, 0.15) is 31.9 Å². The highest BCUT2D eigenvalue weighted by Crippen LogP contribution is 2.39. The Kier molecular flexibility index (Phi) is 6.37. The molecule has 2 nitrogen and oxygen atoms in total. The first-order chi connectivity index (χ1) is 11.2. The number of hydrogen-bond donors (Lipinski definition) is 0. The van der Waals surface area contributed by atoms with Gasteiger partial charge in [-0.1, -0.05) is 73.7 Å². The van der Waals surface area contributed by atoms with E-state index < -0.39 is 8.32 Å². The molecule has 0 N–H and O–H groups in total. The van der Waals surface area contributed by atoms with Crippen molar-refractivity contribution in [2.75, 3.05) is 0 Å². The molecule has 0 radical (unpaired) electrons. The molecular weight excluding hydrogens is 427 g/mol. The molecule has 0 aromatic heterocycles. The van der Waals surface area contributed by atoms with E-state index in [1.807, 2.05) is 24.3 Å². The molecule has 0 saturated carbocycles. The molecule has 0 heterocycles. The van der Waals surface area contributed by atoms with Gasteiger partial charge < -0.3 is 9.16 Å². The molecular formula is C20H27IO2Si. The number of benzene rings is 2. The minimum Gasteiger partial charge on any atom is -0.543 e. The molecule has 0 aliphatic carbocycles. The van der Waals surface area contributed by atoms with Gasteiger partial charge >= 0.3 is 0 Å². The van der Waals surface area contributed by atoms with Crippen molar-refractivity contribution < 1.29 is 9.16 Å². The van der Waals surface area contributed by atoms with Crippen LogP contribution in [-0.4, -0.2) is 8.32 Å². The highest BCUT2D eigenvalue weighted by atomic mass is 127. The van der Waals surface area contributed by atoms with Gasteiger partial charge in [-0.2, -0.15) is 0 Å². The second-order valence-electron chi connectivity index (χ2n) is 7.54. The van der Waals surface area contributed by atoms with E-state index >= 15 is 0 Å². The number of alkyl halides is 1. The summed E-state index contributed by atoms with van der Waals surface area (Å²) in [5.41, 5.74) is 2.38. The second-order valence-corrected chi connectivity index (χ2v) is 13.0. The van der Waals surface area contributed by atoms with Gasteiger partial charge in [-0.05, 0) is 41.9 Å². The van der Waals surface area contributed by atoms with Gasteiger partial charge in [0.1, 0.15) is 18.1 Å². The topological polar surface area (TPSA) is 18.5 Å². The van der Waals surface area contributed by atoms with Gasteiger partial charge in [0.05, 0.1) is 0 Å². The number of rotatable bonds is 6. The average Bonchev–Trinajstić information content (AvgIpc) is 2.53. The monoisotopic (exact) mass is 454 g/mol. The lowest BCUT2D eigenvalue weighted by atomic mass is 10.2. The predicted molar refractivity (Wildman–Crippen MR) is 113 cm³/mol. The Morgan fingerprint density at radius 2 is 1.67 bits per heavy atom. The number of hydrogen-bond acceptors (Lipinski definition) is 2. The summed E-state index contributed by atoms with van der Waals surface area (Å²) < 4.78 is 13.3. The smallest absolute Gasteiger partial charge is 0.250 e. The summed E-state index contributed by atoms with van der Waals surface area (Å²) in [5.74, 6) is 1.90. The minimum absolute atomic E-state index is 0.192. The summed E-state index contributed by atoms with van der Waals surface area (Å²) in [5, 5.41) is 0.192. The summed E-state index contributed by atoms with van der Waals surface area (Å²) in [4.78, 5) is 0. The molecule has 0 spiro atoms. The van der Waals surface area contributed by atoms with Crippen molar-refractivity contribution in [3.63, 3.8) is 0 Å². The van der Waals surface area contributed by atoms with Crippen LogP contribution in [0.15, 0.2) is 48.5 Å². The zero-order chi connectivity index (χ0) is 17.8. The molecule has 2 aromatic rings. The molecule has 2 aromatic carbocycles. The van der Waals surface area contributed by atoms with E-state index in [0.717, 1.165) is 15.9 Å². The highest BCUT2D eigenvalue weighted by Gasteiger charge is 2.39. The first-order valence-electron chi connectivity index (χ1n) is 8.27. The van der Waals surface area contributed by atoms with Gasteiger partial charge in [-0.3, -0.25) is 0 Å². The molecule has 0 unspecified atom stereocenters. The fourth-order valence-electron chi connectivity index (χ4n) is 2.02. The molecule has 0 atom stereocenters. The SMILES string of the molecule is CC(C)(C)[Si](C)(C)Oc1ccc(OCc2ccccc2)cc1CI. The molecule has 2 rings (SSSR count). The van der Waals surface area contributed by atoms with Crippen LogP contribution in [0.4, 0.5) is 0 Å². The van der Waals surface area contributed by atoms with E-state index in [2.05, 4.69) is 80.7 Å². The zero-order valence-electron chi connectivity index (χ0n) is 15.2. The third-order valence-corrected chi connectivity index (χ3v) is 9.76. The van der Waals surface area contributed by atoms with E-state index in [0.29, 0.717) is 6.61 Å². The van der Waals surface area contributed by atoms with Crippen LogP contribution in [0, 0.1) is 0 Å². The van der Waals surface area contributed by atoms with Crippen molar-refractivity contribution in [3.8, 4) is 11.5 Å². The van der Waals surface area contributed by atoms with Gasteiger partial charge in [-0.15, -0.1) is 0 Å². The van der Waals surface area contributed by atoms with Crippen LogP contribution >= 0.6 is 22.6 Å². The normalized spacial score (nSPS) is 12.1. The standard InChI is InChI=1S/C20H27IO2Si/c1-20(2,3)24(4,5)23-19-12-11-18(13-17(19)14-21)22-15-16-9-7-6-8-10-16/h6-13H,14-15H2,1-5H3. The van der Waals surface area contributed by atoms with Gasteiger partial charge in [0.2, 0.25) is 8.32 Å². The zero-order valence-corrected chi connectivity index (χ0v) is 18.4. The Morgan fingerprint density at radius 3 is 2.25 bits per heavy atom. The first-order valence-corrected chi connectivity index (χ1v) is 12.7. The average molecular weight is 454 g/mol. The fourth-order valence-corrected chi connectivity index (χ4v) is 3.67. The van der Waals surface area contributed by atoms with Crippen molar-refractivity contribution >= 4 is 30.9 Å². The molecule has 0 amide bonds. The number of ether oxygens (including phenoxy) is 1. The van der Waals surface area contributed by atoms with E-state index in [-0.39, 0.29) is 5.04 Å². The van der Waals surface area contributed by atoms with E-state index in [1.165, 1.54) is 11.1 Å². The minimum atomic E-state index is -1.83. The van der Waals surface area contributed by atoms with Crippen LogP contribution in [0.25, 0.3) is 0 Å². The van der Waals surface area contributed by atoms with Crippen LogP contribution < -0.4 is 9.16 Å². The molecule has 24 heavy (non-hydrogen) atoms. The van der Waals surface area contributed by atoms with Crippen LogP contribution in [0.3, 0.4) is 0 Å². The first kappa shape index (κ1) is 19.3. The van der Waals surface area contributed by atoms with Gasteiger partial charge in [0.25, 0.3) is 0 Å². The maximum atomic E-state index is 6.48. The van der Waals surface area contributed by atoms with Crippen LogP contribution in [0.5, 0.6) is 11.5 Å². The van der Waals surface area contributed by atoms with Crippen molar-refractivity contribution in [1.82, 2.24) is 0 Å². The maximum Gasteiger partial charge on any atom is 0.250 e. The lowest BCUT2D eigenvalue weighted by Gasteiger charge is -2.37. The summed E-state index contributed by atoms with van der Waals surface area (Å²) in [6, 6.07) is 16.4. The summed E-state index contributed by atoms with van der Waals surface area (Å²) in [6.45, 7) is 11.9. The van der Waals surface area contributed by atoms with Crippen LogP contribution in [-0.2, 0) is 11.0 Å². The lowest BCUT2D eigenvalue weighted by molar-refractivity contribution is 0.305. The van der Waals surface area contributed by atoms with Crippen molar-refractivity contribution in [1.29, 1.82) is 0 Å². The Hall–Kier alpha value is -1.01. The van der Waals surface area contributed by atoms with E-state index in [1.54, 1.807) is 0 Å². The van der Waals surface area contributed by atoms with Crippen molar-refractivity contribution in [2.24, 2.45) is 0 Å². The molecule has 130 valence electrons.